The van der Waals surface area contributed by atoms with Gasteiger partial charge in [0.2, 0.25) is 0 Å². The monoisotopic (exact) mass is 346 g/mol. The van der Waals surface area contributed by atoms with Crippen molar-refractivity contribution in [3.63, 3.8) is 0 Å². The predicted octanol–water partition coefficient (Wildman–Crippen LogP) is 2.70. The molecule has 25 heavy (non-hydrogen) atoms. The maximum absolute atomic E-state index is 13.2. The molecule has 0 aromatic heterocycles. The summed E-state index contributed by atoms with van der Waals surface area (Å²) in [6, 6.07) is 15.9. The number of hydrogen-bond acceptors (Lipinski definition) is 4. The molecule has 5 heteroatoms. The fourth-order valence-electron chi connectivity index (χ4n) is 3.37. The van der Waals surface area contributed by atoms with Gasteiger partial charge in [0, 0.05) is 24.4 Å². The molecule has 4 nitrogen and oxygen atoms in total. The van der Waals surface area contributed by atoms with Crippen LogP contribution in [0.2, 0.25) is 0 Å². The first kappa shape index (κ1) is 18.0. The Balaban J connectivity index is 1.73. The van der Waals surface area contributed by atoms with Crippen LogP contribution in [0.1, 0.15) is 17.0 Å². The van der Waals surface area contributed by atoms with Crippen molar-refractivity contribution in [3.05, 3.63) is 71.5 Å². The quantitative estimate of drug-likeness (QED) is 0.844. The van der Waals surface area contributed by atoms with Gasteiger partial charge < -0.3 is 19.7 Å². The van der Waals surface area contributed by atoms with Gasteiger partial charge in [-0.2, -0.15) is 0 Å². The maximum atomic E-state index is 13.2. The summed E-state index contributed by atoms with van der Waals surface area (Å²) in [5.74, 6) is -0.968. The van der Waals surface area contributed by atoms with Crippen LogP contribution in [0.15, 0.2) is 54.6 Å². The average Bonchev–Trinajstić information content (AvgIpc) is 2.64. The highest BCUT2D eigenvalue weighted by atomic mass is 19.1. The fraction of sp³-hybridized carbons (Fsp3) is 0.400. The van der Waals surface area contributed by atoms with Crippen LogP contribution in [-0.4, -0.2) is 36.3 Å². The number of rotatable bonds is 6. The highest BCUT2D eigenvalue weighted by Gasteiger charge is 2.40. The first-order valence-corrected chi connectivity index (χ1v) is 8.46. The summed E-state index contributed by atoms with van der Waals surface area (Å²) in [5.41, 5.74) is 1.84. The van der Waals surface area contributed by atoms with Crippen molar-refractivity contribution >= 4 is 0 Å². The SMILES string of the molecule is OC[C@@H]1CO[C@@H](O)[C@H](c2ccc(F)cc2)[C@H]1COCc1ccccc1. The van der Waals surface area contributed by atoms with E-state index in [-0.39, 0.29) is 36.8 Å². The van der Waals surface area contributed by atoms with Gasteiger partial charge in [-0.25, -0.2) is 4.39 Å². The van der Waals surface area contributed by atoms with Crippen LogP contribution in [0.3, 0.4) is 0 Å². The molecule has 1 aliphatic heterocycles. The van der Waals surface area contributed by atoms with Gasteiger partial charge in [0.05, 0.1) is 19.8 Å². The van der Waals surface area contributed by atoms with E-state index in [9.17, 15) is 14.6 Å². The summed E-state index contributed by atoms with van der Waals surface area (Å²) in [4.78, 5) is 0. The van der Waals surface area contributed by atoms with Gasteiger partial charge in [-0.1, -0.05) is 42.5 Å². The lowest BCUT2D eigenvalue weighted by molar-refractivity contribution is -0.188. The second-order valence-corrected chi connectivity index (χ2v) is 6.41. The van der Waals surface area contributed by atoms with Gasteiger partial charge in [0.15, 0.2) is 6.29 Å². The van der Waals surface area contributed by atoms with E-state index < -0.39 is 6.29 Å². The molecule has 1 aliphatic rings. The van der Waals surface area contributed by atoms with Crippen LogP contribution in [0.4, 0.5) is 4.39 Å². The average molecular weight is 346 g/mol. The molecule has 2 aromatic rings. The van der Waals surface area contributed by atoms with E-state index in [1.807, 2.05) is 30.3 Å². The van der Waals surface area contributed by atoms with Gasteiger partial charge in [0.1, 0.15) is 5.82 Å². The smallest absolute Gasteiger partial charge is 0.161 e. The van der Waals surface area contributed by atoms with E-state index in [2.05, 4.69) is 0 Å². The molecule has 1 saturated heterocycles. The number of benzene rings is 2. The van der Waals surface area contributed by atoms with Crippen molar-refractivity contribution in [1.29, 1.82) is 0 Å². The topological polar surface area (TPSA) is 58.9 Å². The molecule has 0 bridgehead atoms. The Labute approximate surface area is 146 Å². The standard InChI is InChI=1S/C20H23FO4/c21-17-8-6-15(7-9-17)19-18(16(10-22)12-25-20(19)23)13-24-11-14-4-2-1-3-5-14/h1-9,16,18-20,22-23H,10-13H2/t16-,18+,19-,20-/m1/s1. The van der Waals surface area contributed by atoms with Crippen molar-refractivity contribution in [2.75, 3.05) is 19.8 Å². The number of hydrogen-bond donors (Lipinski definition) is 2. The van der Waals surface area contributed by atoms with Gasteiger partial charge in [-0.15, -0.1) is 0 Å². The number of ether oxygens (including phenoxy) is 2. The minimum absolute atomic E-state index is 0.0518. The zero-order valence-corrected chi connectivity index (χ0v) is 13.9. The maximum Gasteiger partial charge on any atom is 0.161 e. The van der Waals surface area contributed by atoms with Crippen molar-refractivity contribution < 1.29 is 24.1 Å². The number of aliphatic hydroxyl groups excluding tert-OH is 2. The van der Waals surface area contributed by atoms with E-state index in [0.29, 0.717) is 13.2 Å². The summed E-state index contributed by atoms with van der Waals surface area (Å²) in [5, 5.41) is 20.0. The Morgan fingerprint density at radius 3 is 2.48 bits per heavy atom. The lowest BCUT2D eigenvalue weighted by Crippen LogP contribution is -2.44. The molecule has 0 unspecified atom stereocenters. The molecule has 0 radical (unpaired) electrons. The van der Waals surface area contributed by atoms with E-state index in [1.165, 1.54) is 12.1 Å². The van der Waals surface area contributed by atoms with E-state index in [0.717, 1.165) is 11.1 Å². The molecule has 0 amide bonds. The molecule has 4 atom stereocenters. The van der Waals surface area contributed by atoms with E-state index in [4.69, 9.17) is 9.47 Å². The summed E-state index contributed by atoms with van der Waals surface area (Å²) < 4.78 is 24.5. The van der Waals surface area contributed by atoms with E-state index in [1.54, 1.807) is 12.1 Å². The zero-order chi connectivity index (χ0) is 17.6. The molecule has 2 aromatic carbocycles. The van der Waals surface area contributed by atoms with E-state index >= 15 is 0 Å². The van der Waals surface area contributed by atoms with Crippen LogP contribution in [0, 0.1) is 17.7 Å². The molecule has 1 heterocycles. The first-order valence-electron chi connectivity index (χ1n) is 8.46. The lowest BCUT2D eigenvalue weighted by atomic mass is 9.76. The summed E-state index contributed by atoms with van der Waals surface area (Å²) in [7, 11) is 0. The lowest BCUT2D eigenvalue weighted by Gasteiger charge is -2.40. The van der Waals surface area contributed by atoms with Gasteiger partial charge in [0.25, 0.3) is 0 Å². The third kappa shape index (κ3) is 4.44. The molecule has 134 valence electrons. The van der Waals surface area contributed by atoms with Crippen LogP contribution in [0.25, 0.3) is 0 Å². The second-order valence-electron chi connectivity index (χ2n) is 6.41. The minimum atomic E-state index is -1.00. The van der Waals surface area contributed by atoms with Gasteiger partial charge in [-0.3, -0.25) is 0 Å². The summed E-state index contributed by atoms with van der Waals surface area (Å²) >= 11 is 0. The number of aliphatic hydroxyl groups is 2. The van der Waals surface area contributed by atoms with Gasteiger partial charge in [-0.05, 0) is 23.3 Å². The normalized spacial score (nSPS) is 26.5. The van der Waals surface area contributed by atoms with Crippen molar-refractivity contribution in [3.8, 4) is 0 Å². The molecule has 1 fully saturated rings. The summed E-state index contributed by atoms with van der Waals surface area (Å²) in [6.07, 6.45) is -1.00. The third-order valence-electron chi connectivity index (χ3n) is 4.77. The second kappa shape index (κ2) is 8.54. The van der Waals surface area contributed by atoms with Crippen LogP contribution < -0.4 is 0 Å². The van der Waals surface area contributed by atoms with Crippen LogP contribution in [0.5, 0.6) is 0 Å². The van der Waals surface area contributed by atoms with Crippen LogP contribution in [-0.2, 0) is 16.1 Å². The Bertz CT molecular complexity index is 647. The molecule has 0 aliphatic carbocycles. The Morgan fingerprint density at radius 2 is 1.80 bits per heavy atom. The summed E-state index contributed by atoms with van der Waals surface area (Å²) in [6.45, 7) is 1.06. The third-order valence-corrected chi connectivity index (χ3v) is 4.77. The van der Waals surface area contributed by atoms with Gasteiger partial charge >= 0.3 is 0 Å². The highest BCUT2D eigenvalue weighted by molar-refractivity contribution is 5.23. The first-order chi connectivity index (χ1) is 12.2. The fourth-order valence-corrected chi connectivity index (χ4v) is 3.37. The molecule has 3 rings (SSSR count). The highest BCUT2D eigenvalue weighted by Crippen LogP contribution is 2.38. The predicted molar refractivity (Wildman–Crippen MR) is 91.3 cm³/mol. The van der Waals surface area contributed by atoms with Crippen molar-refractivity contribution in [1.82, 2.24) is 0 Å². The van der Waals surface area contributed by atoms with Crippen LogP contribution >= 0.6 is 0 Å². The molecule has 0 spiro atoms. The molecule has 2 N–H and O–H groups in total. The Kier molecular flexibility index (Phi) is 6.15. The van der Waals surface area contributed by atoms with Crippen molar-refractivity contribution in [2.24, 2.45) is 11.8 Å². The Hall–Kier alpha value is -1.79. The zero-order valence-electron chi connectivity index (χ0n) is 13.9. The minimum Gasteiger partial charge on any atom is -0.396 e. The van der Waals surface area contributed by atoms with Crippen molar-refractivity contribution in [2.45, 2.75) is 18.8 Å². The number of halogens is 1. The largest absolute Gasteiger partial charge is 0.396 e. The molecular formula is C20H23FO4. The Morgan fingerprint density at radius 1 is 1.08 bits per heavy atom. The molecular weight excluding hydrogens is 323 g/mol. The molecule has 0 saturated carbocycles.